The highest BCUT2D eigenvalue weighted by Gasteiger charge is 2.34. The van der Waals surface area contributed by atoms with E-state index in [0.29, 0.717) is 18.2 Å². The highest BCUT2D eigenvalue weighted by atomic mass is 15.5. The van der Waals surface area contributed by atoms with Gasteiger partial charge in [-0.2, -0.15) is 10.5 Å². The van der Waals surface area contributed by atoms with Gasteiger partial charge in [0.15, 0.2) is 0 Å². The molecule has 3 aromatic carbocycles. The second-order valence-electron chi connectivity index (χ2n) is 10.5. The lowest BCUT2D eigenvalue weighted by Gasteiger charge is -2.36. The highest BCUT2D eigenvalue weighted by Crippen LogP contribution is 2.36. The fourth-order valence-corrected chi connectivity index (χ4v) is 4.81. The average molecular weight is 506 g/mol. The minimum atomic E-state index is -0.660. The first-order valence-corrected chi connectivity index (χ1v) is 12.9. The van der Waals surface area contributed by atoms with Crippen molar-refractivity contribution in [1.29, 1.82) is 10.5 Å². The third kappa shape index (κ3) is 6.58. The Hall–Kier alpha value is -4.17. The summed E-state index contributed by atoms with van der Waals surface area (Å²) in [6, 6.07) is 29.2. The van der Waals surface area contributed by atoms with E-state index < -0.39 is 5.41 Å². The van der Waals surface area contributed by atoms with Crippen molar-refractivity contribution < 1.29 is 0 Å². The summed E-state index contributed by atoms with van der Waals surface area (Å²) in [5, 5.41) is 26.7. The molecule has 3 aromatic rings. The molecule has 0 fully saturated rings. The SMILES string of the molecule is Cc1ccc(C[C@@H](c2cccc(C#N)c2)[C@H](C)NC(c2ccc(NC3=NCNN3)cc2)C(C)(C)C#N)cc1. The maximum Gasteiger partial charge on any atom is 0.211 e. The van der Waals surface area contributed by atoms with Gasteiger partial charge in [-0.3, -0.25) is 5.43 Å². The van der Waals surface area contributed by atoms with Crippen LogP contribution in [0.5, 0.6) is 0 Å². The molecule has 0 amide bonds. The fraction of sp³-hybridized carbons (Fsp3) is 0.323. The van der Waals surface area contributed by atoms with Crippen LogP contribution < -0.4 is 21.5 Å². The molecule has 0 bridgehead atoms. The van der Waals surface area contributed by atoms with E-state index in [-0.39, 0.29) is 18.0 Å². The summed E-state index contributed by atoms with van der Waals surface area (Å²) in [6.07, 6.45) is 0.815. The molecule has 1 heterocycles. The van der Waals surface area contributed by atoms with Crippen LogP contribution in [-0.4, -0.2) is 18.7 Å². The molecule has 194 valence electrons. The van der Waals surface area contributed by atoms with Crippen molar-refractivity contribution >= 4 is 11.6 Å². The number of hydrogen-bond donors (Lipinski definition) is 4. The van der Waals surface area contributed by atoms with E-state index in [9.17, 15) is 10.5 Å². The van der Waals surface area contributed by atoms with Crippen molar-refractivity contribution in [2.24, 2.45) is 10.4 Å². The van der Waals surface area contributed by atoms with Crippen molar-refractivity contribution in [1.82, 2.24) is 16.2 Å². The maximum absolute atomic E-state index is 10.1. The predicted molar refractivity (Wildman–Crippen MR) is 152 cm³/mol. The van der Waals surface area contributed by atoms with Crippen LogP contribution in [0.3, 0.4) is 0 Å². The molecule has 1 aliphatic rings. The molecule has 1 aliphatic heterocycles. The Labute approximate surface area is 225 Å². The zero-order valence-corrected chi connectivity index (χ0v) is 22.4. The average Bonchev–Trinajstić information content (AvgIpc) is 3.45. The first-order chi connectivity index (χ1) is 18.3. The molecule has 3 atom stereocenters. The van der Waals surface area contributed by atoms with Gasteiger partial charge in [-0.25, -0.2) is 10.4 Å². The molecule has 1 unspecified atom stereocenters. The molecular formula is C31H35N7. The minimum absolute atomic E-state index is 0.0174. The Balaban J connectivity index is 1.62. The Kier molecular flexibility index (Phi) is 8.43. The zero-order valence-electron chi connectivity index (χ0n) is 22.4. The summed E-state index contributed by atoms with van der Waals surface area (Å²) < 4.78 is 0. The number of anilines is 1. The number of nitriles is 2. The molecule has 7 heteroatoms. The summed E-state index contributed by atoms with van der Waals surface area (Å²) in [7, 11) is 0. The standard InChI is InChI=1S/C31H35N7/c1-21-8-10-23(11-9-21)17-28(26-7-5-6-24(16-26)18-32)22(2)36-29(31(3,4)19-33)25-12-14-27(15-13-25)37-30-34-20-35-38-30/h5-16,22,28-29,35-36H,17,20H2,1-4H3,(H2,34,37,38)/t22-,28+,29?/m0/s1. The fourth-order valence-electron chi connectivity index (χ4n) is 4.81. The van der Waals surface area contributed by atoms with Crippen molar-refractivity contribution in [3.63, 3.8) is 0 Å². The van der Waals surface area contributed by atoms with Crippen LogP contribution in [0, 0.1) is 35.0 Å². The topological polar surface area (TPSA) is 108 Å². The smallest absolute Gasteiger partial charge is 0.211 e. The molecule has 4 N–H and O–H groups in total. The summed E-state index contributed by atoms with van der Waals surface area (Å²) in [4.78, 5) is 4.29. The lowest BCUT2D eigenvalue weighted by Crippen LogP contribution is -2.42. The molecule has 0 aromatic heterocycles. The number of aliphatic imine (C=N–C) groups is 1. The summed E-state index contributed by atoms with van der Waals surface area (Å²) in [6.45, 7) is 8.73. The molecule has 0 spiro atoms. The number of hydrogen-bond acceptors (Lipinski definition) is 7. The molecule has 0 saturated carbocycles. The van der Waals surface area contributed by atoms with E-state index in [1.165, 1.54) is 11.1 Å². The largest absolute Gasteiger partial charge is 0.325 e. The number of nitrogens with zero attached hydrogens (tertiary/aromatic N) is 3. The number of benzene rings is 3. The van der Waals surface area contributed by atoms with Crippen LogP contribution in [0.25, 0.3) is 0 Å². The van der Waals surface area contributed by atoms with Gasteiger partial charge < -0.3 is 10.6 Å². The number of aryl methyl sites for hydroxylation is 1. The second kappa shape index (κ2) is 11.9. The number of nitrogens with one attached hydrogen (secondary N) is 4. The normalized spacial score (nSPS) is 15.4. The first kappa shape index (κ1) is 26.9. The van der Waals surface area contributed by atoms with Gasteiger partial charge >= 0.3 is 0 Å². The van der Waals surface area contributed by atoms with Gasteiger partial charge in [-0.1, -0.05) is 54.1 Å². The van der Waals surface area contributed by atoms with Crippen molar-refractivity contribution in [3.8, 4) is 12.1 Å². The number of guanidine groups is 1. The lowest BCUT2D eigenvalue weighted by molar-refractivity contribution is 0.281. The highest BCUT2D eigenvalue weighted by molar-refractivity contribution is 5.94. The molecule has 7 nitrogen and oxygen atoms in total. The van der Waals surface area contributed by atoms with Crippen molar-refractivity contribution in [3.05, 3.63) is 101 Å². The van der Waals surface area contributed by atoms with Gasteiger partial charge in [-0.05, 0) is 75.1 Å². The van der Waals surface area contributed by atoms with E-state index >= 15 is 0 Å². The molecule has 0 radical (unpaired) electrons. The van der Waals surface area contributed by atoms with Gasteiger partial charge in [0.25, 0.3) is 0 Å². The molecular weight excluding hydrogens is 470 g/mol. The zero-order chi connectivity index (χ0) is 27.1. The summed E-state index contributed by atoms with van der Waals surface area (Å²) in [5.41, 5.74) is 11.4. The quantitative estimate of drug-likeness (QED) is 0.315. The Morgan fingerprint density at radius 1 is 1.00 bits per heavy atom. The molecule has 38 heavy (non-hydrogen) atoms. The van der Waals surface area contributed by atoms with Crippen LogP contribution in [0.2, 0.25) is 0 Å². The Morgan fingerprint density at radius 2 is 1.74 bits per heavy atom. The van der Waals surface area contributed by atoms with E-state index in [0.717, 1.165) is 23.2 Å². The van der Waals surface area contributed by atoms with Crippen LogP contribution in [0.4, 0.5) is 5.69 Å². The van der Waals surface area contributed by atoms with Crippen LogP contribution in [0.1, 0.15) is 60.5 Å². The third-order valence-corrected chi connectivity index (χ3v) is 7.09. The van der Waals surface area contributed by atoms with Crippen molar-refractivity contribution in [2.45, 2.75) is 52.1 Å². The van der Waals surface area contributed by atoms with Crippen LogP contribution in [0.15, 0.2) is 77.8 Å². The monoisotopic (exact) mass is 505 g/mol. The van der Waals surface area contributed by atoms with Gasteiger partial charge in [0.2, 0.25) is 5.96 Å². The molecule has 4 rings (SSSR count). The van der Waals surface area contributed by atoms with E-state index in [4.69, 9.17) is 0 Å². The van der Waals surface area contributed by atoms with Gasteiger partial charge in [0, 0.05) is 17.6 Å². The number of hydrazine groups is 1. The van der Waals surface area contributed by atoms with Crippen LogP contribution >= 0.6 is 0 Å². The summed E-state index contributed by atoms with van der Waals surface area (Å²) in [5.74, 6) is 0.778. The van der Waals surface area contributed by atoms with E-state index in [1.54, 1.807) is 0 Å². The molecule has 0 aliphatic carbocycles. The van der Waals surface area contributed by atoms with Gasteiger partial charge in [0.1, 0.15) is 6.67 Å². The van der Waals surface area contributed by atoms with Crippen LogP contribution in [-0.2, 0) is 6.42 Å². The number of rotatable bonds is 9. The van der Waals surface area contributed by atoms with Gasteiger partial charge in [0.05, 0.1) is 29.2 Å². The summed E-state index contributed by atoms with van der Waals surface area (Å²) >= 11 is 0. The third-order valence-electron chi connectivity index (χ3n) is 7.09. The first-order valence-electron chi connectivity index (χ1n) is 12.9. The maximum atomic E-state index is 10.1. The molecule has 0 saturated heterocycles. The minimum Gasteiger partial charge on any atom is -0.325 e. The van der Waals surface area contributed by atoms with E-state index in [2.05, 4.69) is 94.9 Å². The lowest BCUT2D eigenvalue weighted by atomic mass is 9.79. The Morgan fingerprint density at radius 3 is 2.37 bits per heavy atom. The van der Waals surface area contributed by atoms with Gasteiger partial charge in [-0.15, -0.1) is 0 Å². The Bertz CT molecular complexity index is 1340. The second-order valence-corrected chi connectivity index (χ2v) is 10.5. The predicted octanol–water partition coefficient (Wildman–Crippen LogP) is 5.30. The van der Waals surface area contributed by atoms with Crippen molar-refractivity contribution in [2.75, 3.05) is 12.0 Å². The van der Waals surface area contributed by atoms with E-state index in [1.807, 2.05) is 44.2 Å².